The number of ether oxygens (including phenoxy) is 3. The van der Waals surface area contributed by atoms with Crippen molar-refractivity contribution in [1.29, 1.82) is 0 Å². The summed E-state index contributed by atoms with van der Waals surface area (Å²) in [5.41, 5.74) is 0. The highest BCUT2D eigenvalue weighted by atomic mass is 16.7. The van der Waals surface area contributed by atoms with Gasteiger partial charge in [0.15, 0.2) is 11.5 Å². The largest absolute Gasteiger partial charge is 0.489 e. The number of hydrogen-bond donors (Lipinski definition) is 1. The lowest BCUT2D eigenvalue weighted by atomic mass is 10.2. The number of nitrogens with one attached hydrogen (secondary N) is 1. The molecule has 106 valence electrons. The van der Waals surface area contributed by atoms with Crippen LogP contribution in [0.3, 0.4) is 0 Å². The predicted octanol–water partition coefficient (Wildman–Crippen LogP) is 2.96. The number of hydrogen-bond acceptors (Lipinski definition) is 4. The van der Waals surface area contributed by atoms with Gasteiger partial charge in [-0.15, -0.1) is 0 Å². The Morgan fingerprint density at radius 3 is 2.84 bits per heavy atom. The molecule has 19 heavy (non-hydrogen) atoms. The van der Waals surface area contributed by atoms with E-state index in [1.165, 1.54) is 0 Å². The van der Waals surface area contributed by atoms with Crippen LogP contribution in [0.4, 0.5) is 0 Å². The SMILES string of the molecule is CCCNCC(CCC)Oc1ccc2c(c1)OCO2. The molecule has 1 heterocycles. The lowest BCUT2D eigenvalue weighted by Crippen LogP contribution is -2.31. The van der Waals surface area contributed by atoms with E-state index in [4.69, 9.17) is 14.2 Å². The van der Waals surface area contributed by atoms with Gasteiger partial charge in [0.25, 0.3) is 0 Å². The minimum absolute atomic E-state index is 0.205. The summed E-state index contributed by atoms with van der Waals surface area (Å²) >= 11 is 0. The molecular formula is C15H23NO3. The lowest BCUT2D eigenvalue weighted by Gasteiger charge is -2.19. The highest BCUT2D eigenvalue weighted by molar-refractivity contribution is 5.46. The van der Waals surface area contributed by atoms with E-state index in [1.807, 2.05) is 18.2 Å². The zero-order valence-corrected chi connectivity index (χ0v) is 11.8. The molecule has 2 rings (SSSR count). The second kappa shape index (κ2) is 7.24. The van der Waals surface area contributed by atoms with Crippen molar-refractivity contribution >= 4 is 0 Å². The standard InChI is InChI=1S/C15H23NO3/c1-3-5-13(10-16-8-4-2)19-12-6-7-14-15(9-12)18-11-17-14/h6-7,9,13,16H,3-5,8,10-11H2,1-2H3. The molecular weight excluding hydrogens is 242 g/mol. The molecule has 1 aromatic carbocycles. The second-order valence-electron chi connectivity index (χ2n) is 4.75. The molecule has 0 aliphatic carbocycles. The van der Waals surface area contributed by atoms with Crippen LogP contribution in [0, 0.1) is 0 Å². The van der Waals surface area contributed by atoms with Gasteiger partial charge in [-0.25, -0.2) is 0 Å². The Labute approximate surface area is 115 Å². The number of rotatable bonds is 8. The Balaban J connectivity index is 1.92. The van der Waals surface area contributed by atoms with Gasteiger partial charge in [-0.05, 0) is 31.5 Å². The quantitative estimate of drug-likeness (QED) is 0.734. The maximum absolute atomic E-state index is 6.03. The van der Waals surface area contributed by atoms with Crippen LogP contribution in [0.5, 0.6) is 17.2 Å². The van der Waals surface area contributed by atoms with Crippen LogP contribution in [0.25, 0.3) is 0 Å². The van der Waals surface area contributed by atoms with Gasteiger partial charge in [0.05, 0.1) is 0 Å². The summed E-state index contributed by atoms with van der Waals surface area (Å²) in [7, 11) is 0. The Hall–Kier alpha value is -1.42. The van der Waals surface area contributed by atoms with Crippen molar-refractivity contribution < 1.29 is 14.2 Å². The van der Waals surface area contributed by atoms with Crippen LogP contribution in [-0.4, -0.2) is 26.0 Å². The first kappa shape index (κ1) is 14.0. The van der Waals surface area contributed by atoms with E-state index in [0.717, 1.165) is 49.6 Å². The highest BCUT2D eigenvalue weighted by Gasteiger charge is 2.15. The fourth-order valence-electron chi connectivity index (χ4n) is 2.11. The molecule has 4 heteroatoms. The Bertz CT molecular complexity index is 395. The van der Waals surface area contributed by atoms with Crippen molar-refractivity contribution in [1.82, 2.24) is 5.32 Å². The van der Waals surface area contributed by atoms with E-state index in [1.54, 1.807) is 0 Å². The van der Waals surface area contributed by atoms with Crippen LogP contribution in [0.15, 0.2) is 18.2 Å². The molecule has 0 aromatic heterocycles. The minimum Gasteiger partial charge on any atom is -0.489 e. The fourth-order valence-corrected chi connectivity index (χ4v) is 2.11. The molecule has 1 aliphatic rings. The molecule has 0 saturated carbocycles. The third-order valence-corrected chi connectivity index (χ3v) is 3.06. The summed E-state index contributed by atoms with van der Waals surface area (Å²) in [5.74, 6) is 2.42. The van der Waals surface area contributed by atoms with Crippen LogP contribution in [-0.2, 0) is 0 Å². The van der Waals surface area contributed by atoms with Crippen molar-refractivity contribution in [3.05, 3.63) is 18.2 Å². The van der Waals surface area contributed by atoms with Crippen molar-refractivity contribution in [3.8, 4) is 17.2 Å². The van der Waals surface area contributed by atoms with Crippen molar-refractivity contribution in [3.63, 3.8) is 0 Å². The van der Waals surface area contributed by atoms with E-state index in [0.29, 0.717) is 6.79 Å². The van der Waals surface area contributed by atoms with Gasteiger partial charge in [-0.1, -0.05) is 20.3 Å². The number of fused-ring (bicyclic) bond motifs is 1. The van der Waals surface area contributed by atoms with Crippen molar-refractivity contribution in [2.75, 3.05) is 19.9 Å². The third kappa shape index (κ3) is 4.03. The van der Waals surface area contributed by atoms with Gasteiger partial charge in [0.1, 0.15) is 11.9 Å². The van der Waals surface area contributed by atoms with E-state index < -0.39 is 0 Å². The molecule has 1 aliphatic heterocycles. The Morgan fingerprint density at radius 2 is 2.05 bits per heavy atom. The molecule has 0 spiro atoms. The molecule has 1 aromatic rings. The summed E-state index contributed by atoms with van der Waals surface area (Å²) in [4.78, 5) is 0. The van der Waals surface area contributed by atoms with Crippen LogP contribution < -0.4 is 19.5 Å². The average molecular weight is 265 g/mol. The fraction of sp³-hybridized carbons (Fsp3) is 0.600. The van der Waals surface area contributed by atoms with Gasteiger partial charge >= 0.3 is 0 Å². The van der Waals surface area contributed by atoms with Gasteiger partial charge < -0.3 is 19.5 Å². The van der Waals surface area contributed by atoms with Crippen molar-refractivity contribution in [2.24, 2.45) is 0 Å². The molecule has 0 bridgehead atoms. The summed E-state index contributed by atoms with van der Waals surface area (Å²) in [6.45, 7) is 6.56. The van der Waals surface area contributed by atoms with Gasteiger partial charge in [-0.2, -0.15) is 0 Å². The van der Waals surface area contributed by atoms with Crippen LogP contribution in [0.1, 0.15) is 33.1 Å². The maximum atomic E-state index is 6.03. The van der Waals surface area contributed by atoms with Crippen LogP contribution >= 0.6 is 0 Å². The molecule has 0 amide bonds. The molecule has 1 N–H and O–H groups in total. The van der Waals surface area contributed by atoms with Gasteiger partial charge in [0, 0.05) is 12.6 Å². The van der Waals surface area contributed by atoms with Gasteiger partial charge in [0.2, 0.25) is 6.79 Å². The minimum atomic E-state index is 0.205. The van der Waals surface area contributed by atoms with Crippen LogP contribution in [0.2, 0.25) is 0 Å². The lowest BCUT2D eigenvalue weighted by molar-refractivity contribution is 0.172. The van der Waals surface area contributed by atoms with E-state index in [2.05, 4.69) is 19.2 Å². The summed E-state index contributed by atoms with van der Waals surface area (Å²) < 4.78 is 16.7. The number of benzene rings is 1. The normalized spacial score (nSPS) is 14.4. The second-order valence-corrected chi connectivity index (χ2v) is 4.75. The first-order valence-electron chi connectivity index (χ1n) is 7.10. The summed E-state index contributed by atoms with van der Waals surface area (Å²) in [6, 6.07) is 5.75. The molecule has 4 nitrogen and oxygen atoms in total. The zero-order chi connectivity index (χ0) is 13.5. The first-order chi connectivity index (χ1) is 9.33. The Kier molecular flexibility index (Phi) is 5.33. The smallest absolute Gasteiger partial charge is 0.231 e. The average Bonchev–Trinajstić information content (AvgIpc) is 2.86. The molecule has 0 radical (unpaired) electrons. The summed E-state index contributed by atoms with van der Waals surface area (Å²) in [6.07, 6.45) is 3.51. The molecule has 0 saturated heterocycles. The topological polar surface area (TPSA) is 39.7 Å². The summed E-state index contributed by atoms with van der Waals surface area (Å²) in [5, 5.41) is 3.41. The van der Waals surface area contributed by atoms with Crippen molar-refractivity contribution in [2.45, 2.75) is 39.2 Å². The predicted molar refractivity (Wildman–Crippen MR) is 75.0 cm³/mol. The molecule has 1 atom stereocenters. The van der Waals surface area contributed by atoms with Gasteiger partial charge in [-0.3, -0.25) is 0 Å². The molecule has 0 fully saturated rings. The monoisotopic (exact) mass is 265 g/mol. The molecule has 1 unspecified atom stereocenters. The maximum Gasteiger partial charge on any atom is 0.231 e. The zero-order valence-electron chi connectivity index (χ0n) is 11.8. The third-order valence-electron chi connectivity index (χ3n) is 3.06. The van der Waals surface area contributed by atoms with E-state index in [-0.39, 0.29) is 6.10 Å². The van der Waals surface area contributed by atoms with E-state index >= 15 is 0 Å². The Morgan fingerprint density at radius 1 is 1.21 bits per heavy atom. The van der Waals surface area contributed by atoms with E-state index in [9.17, 15) is 0 Å². The highest BCUT2D eigenvalue weighted by Crippen LogP contribution is 2.35. The first-order valence-corrected chi connectivity index (χ1v) is 7.10.